The van der Waals surface area contributed by atoms with Gasteiger partial charge in [0, 0.05) is 4.88 Å². The first kappa shape index (κ1) is 11.8. The molecule has 2 aromatic heterocycles. The first-order valence-corrected chi connectivity index (χ1v) is 6.13. The summed E-state index contributed by atoms with van der Waals surface area (Å²) in [7, 11) is 0. The molecule has 0 saturated heterocycles. The molecule has 2 heterocycles. The predicted octanol–water partition coefficient (Wildman–Crippen LogP) is 3.24. The SMILES string of the molecule is CC(Nc1nnccc1C#N)c1ccc(Cl)s1. The van der Waals surface area contributed by atoms with Gasteiger partial charge < -0.3 is 5.32 Å². The zero-order valence-corrected chi connectivity index (χ0v) is 10.6. The topological polar surface area (TPSA) is 61.6 Å². The van der Waals surface area contributed by atoms with E-state index in [0.29, 0.717) is 11.4 Å². The van der Waals surface area contributed by atoms with E-state index in [1.165, 1.54) is 17.5 Å². The summed E-state index contributed by atoms with van der Waals surface area (Å²) in [6.45, 7) is 1.98. The molecule has 86 valence electrons. The molecule has 0 aliphatic rings. The number of nitrogens with zero attached hydrogens (tertiary/aromatic N) is 3. The third-order valence-electron chi connectivity index (χ3n) is 2.22. The van der Waals surface area contributed by atoms with E-state index in [-0.39, 0.29) is 6.04 Å². The van der Waals surface area contributed by atoms with Crippen molar-refractivity contribution in [3.8, 4) is 6.07 Å². The van der Waals surface area contributed by atoms with E-state index in [9.17, 15) is 0 Å². The Morgan fingerprint density at radius 3 is 2.94 bits per heavy atom. The summed E-state index contributed by atoms with van der Waals surface area (Å²) in [5.74, 6) is 0.493. The van der Waals surface area contributed by atoms with Gasteiger partial charge in [-0.2, -0.15) is 10.4 Å². The van der Waals surface area contributed by atoms with Gasteiger partial charge in [0.2, 0.25) is 0 Å². The molecular weight excluding hydrogens is 256 g/mol. The Bertz CT molecular complexity index is 561. The second-order valence-corrected chi connectivity index (χ2v) is 5.16. The number of aromatic nitrogens is 2. The Kier molecular flexibility index (Phi) is 3.57. The monoisotopic (exact) mass is 264 g/mol. The van der Waals surface area contributed by atoms with Gasteiger partial charge in [0.05, 0.1) is 22.1 Å². The molecule has 0 aliphatic carbocycles. The summed E-state index contributed by atoms with van der Waals surface area (Å²) in [6.07, 6.45) is 1.50. The highest BCUT2D eigenvalue weighted by atomic mass is 35.5. The van der Waals surface area contributed by atoms with Gasteiger partial charge in [0.1, 0.15) is 6.07 Å². The Morgan fingerprint density at radius 2 is 2.29 bits per heavy atom. The molecule has 17 heavy (non-hydrogen) atoms. The fraction of sp³-hybridized carbons (Fsp3) is 0.182. The van der Waals surface area contributed by atoms with Crippen molar-refractivity contribution in [3.05, 3.63) is 39.2 Å². The van der Waals surface area contributed by atoms with Crippen molar-refractivity contribution in [3.63, 3.8) is 0 Å². The quantitative estimate of drug-likeness (QED) is 0.924. The molecule has 0 fully saturated rings. The average molecular weight is 265 g/mol. The average Bonchev–Trinajstić information content (AvgIpc) is 2.77. The molecule has 4 nitrogen and oxygen atoms in total. The van der Waals surface area contributed by atoms with E-state index < -0.39 is 0 Å². The standard InChI is InChI=1S/C11H9ClN4S/c1-7(9-2-3-10(12)17-9)15-11-8(6-13)4-5-14-16-11/h2-5,7H,1H3,(H,15,16). The molecule has 0 amide bonds. The minimum Gasteiger partial charge on any atom is -0.360 e. The van der Waals surface area contributed by atoms with Crippen molar-refractivity contribution >= 4 is 28.8 Å². The molecule has 0 bridgehead atoms. The highest BCUT2D eigenvalue weighted by Crippen LogP contribution is 2.28. The molecule has 1 atom stereocenters. The van der Waals surface area contributed by atoms with Crippen molar-refractivity contribution in [1.82, 2.24) is 10.2 Å². The molecule has 0 aromatic carbocycles. The normalized spacial score (nSPS) is 11.8. The van der Waals surface area contributed by atoms with Crippen molar-refractivity contribution in [2.75, 3.05) is 5.32 Å². The van der Waals surface area contributed by atoms with Crippen molar-refractivity contribution in [1.29, 1.82) is 5.26 Å². The molecule has 6 heteroatoms. The highest BCUT2D eigenvalue weighted by molar-refractivity contribution is 7.16. The Morgan fingerprint density at radius 1 is 1.47 bits per heavy atom. The molecule has 2 aromatic rings. The maximum absolute atomic E-state index is 8.93. The van der Waals surface area contributed by atoms with Crippen LogP contribution in [0, 0.1) is 11.3 Å². The summed E-state index contributed by atoms with van der Waals surface area (Å²) in [6, 6.07) is 7.54. The number of nitrogens with one attached hydrogen (secondary N) is 1. The highest BCUT2D eigenvalue weighted by Gasteiger charge is 2.11. The summed E-state index contributed by atoms with van der Waals surface area (Å²) in [4.78, 5) is 1.09. The number of hydrogen-bond donors (Lipinski definition) is 1. The minimum atomic E-state index is 0.0382. The Hall–Kier alpha value is -1.64. The van der Waals surface area contributed by atoms with E-state index in [4.69, 9.17) is 16.9 Å². The Labute approximate surface area is 108 Å². The van der Waals surface area contributed by atoms with E-state index in [2.05, 4.69) is 21.6 Å². The van der Waals surface area contributed by atoms with Crippen LogP contribution in [0.1, 0.15) is 23.4 Å². The molecule has 0 radical (unpaired) electrons. The van der Waals surface area contributed by atoms with Gasteiger partial charge in [0.25, 0.3) is 0 Å². The van der Waals surface area contributed by atoms with Gasteiger partial charge in [-0.1, -0.05) is 11.6 Å². The summed E-state index contributed by atoms with van der Waals surface area (Å²) in [5.41, 5.74) is 0.481. The summed E-state index contributed by atoms with van der Waals surface area (Å²) < 4.78 is 0.744. The fourth-order valence-corrected chi connectivity index (χ4v) is 2.43. The number of anilines is 1. The maximum atomic E-state index is 8.93. The van der Waals surface area contributed by atoms with E-state index >= 15 is 0 Å². The largest absolute Gasteiger partial charge is 0.360 e. The maximum Gasteiger partial charge on any atom is 0.167 e. The van der Waals surface area contributed by atoms with Crippen LogP contribution >= 0.6 is 22.9 Å². The van der Waals surface area contributed by atoms with E-state index in [0.717, 1.165) is 9.21 Å². The second kappa shape index (κ2) is 5.13. The van der Waals surface area contributed by atoms with E-state index in [1.54, 1.807) is 6.07 Å². The van der Waals surface area contributed by atoms with Crippen LogP contribution in [0.2, 0.25) is 4.34 Å². The molecular formula is C11H9ClN4S. The van der Waals surface area contributed by atoms with E-state index in [1.807, 2.05) is 19.1 Å². The molecule has 2 rings (SSSR count). The van der Waals surface area contributed by atoms with Crippen LogP contribution in [-0.4, -0.2) is 10.2 Å². The van der Waals surface area contributed by atoms with Gasteiger partial charge in [-0.25, -0.2) is 0 Å². The number of nitriles is 1. The van der Waals surface area contributed by atoms with Gasteiger partial charge >= 0.3 is 0 Å². The molecule has 0 spiro atoms. The van der Waals surface area contributed by atoms with Crippen molar-refractivity contribution in [2.45, 2.75) is 13.0 Å². The third-order valence-corrected chi connectivity index (χ3v) is 3.63. The molecule has 1 unspecified atom stereocenters. The molecule has 0 saturated carbocycles. The van der Waals surface area contributed by atoms with Crippen molar-refractivity contribution < 1.29 is 0 Å². The lowest BCUT2D eigenvalue weighted by atomic mass is 10.2. The first-order chi connectivity index (χ1) is 8.20. The fourth-order valence-electron chi connectivity index (χ4n) is 1.37. The zero-order valence-electron chi connectivity index (χ0n) is 9.01. The lowest BCUT2D eigenvalue weighted by Gasteiger charge is -2.12. The molecule has 0 aliphatic heterocycles. The van der Waals surface area contributed by atoms with Crippen molar-refractivity contribution in [2.24, 2.45) is 0 Å². The second-order valence-electron chi connectivity index (χ2n) is 3.41. The van der Waals surface area contributed by atoms with Gasteiger partial charge in [-0.15, -0.1) is 16.4 Å². The zero-order chi connectivity index (χ0) is 12.3. The predicted molar refractivity (Wildman–Crippen MR) is 68.1 cm³/mol. The lowest BCUT2D eigenvalue weighted by molar-refractivity contribution is 0.877. The van der Waals surface area contributed by atoms with Gasteiger partial charge in [-0.3, -0.25) is 0 Å². The van der Waals surface area contributed by atoms with Crippen LogP contribution in [0.5, 0.6) is 0 Å². The Balaban J connectivity index is 2.19. The van der Waals surface area contributed by atoms with Crippen LogP contribution in [0.4, 0.5) is 5.82 Å². The van der Waals surface area contributed by atoms with Crippen LogP contribution in [0.3, 0.4) is 0 Å². The number of rotatable bonds is 3. The van der Waals surface area contributed by atoms with Crippen LogP contribution < -0.4 is 5.32 Å². The molecule has 1 N–H and O–H groups in total. The first-order valence-electron chi connectivity index (χ1n) is 4.94. The van der Waals surface area contributed by atoms with Crippen LogP contribution in [0.25, 0.3) is 0 Å². The smallest absolute Gasteiger partial charge is 0.167 e. The van der Waals surface area contributed by atoms with Gasteiger partial charge in [0.15, 0.2) is 5.82 Å². The lowest BCUT2D eigenvalue weighted by Crippen LogP contribution is -2.08. The van der Waals surface area contributed by atoms with Gasteiger partial charge in [-0.05, 0) is 25.1 Å². The van der Waals surface area contributed by atoms with Crippen LogP contribution in [-0.2, 0) is 0 Å². The van der Waals surface area contributed by atoms with Crippen LogP contribution in [0.15, 0.2) is 24.4 Å². The minimum absolute atomic E-state index is 0.0382. The number of halogens is 1. The number of thiophene rings is 1. The summed E-state index contributed by atoms with van der Waals surface area (Å²) >= 11 is 7.38. The number of hydrogen-bond acceptors (Lipinski definition) is 5. The third kappa shape index (κ3) is 2.73. The summed E-state index contributed by atoms with van der Waals surface area (Å²) in [5, 5.41) is 19.7.